The first-order valence-corrected chi connectivity index (χ1v) is 9.30. The Balaban J connectivity index is 1.39. The number of anilines is 2. The standard InChI is InChI=1S/C20H27N5O/c1-23(2)19-6-9-21-20(22-19)24(3)17-7-10-25(14-17)13-15-4-5-18-16(12-15)8-11-26-18/h4-6,9,12,17H,7-8,10-11,13-14H2,1-3H3. The maximum Gasteiger partial charge on any atom is 0.227 e. The van der Waals surface area contributed by atoms with Gasteiger partial charge in [0.2, 0.25) is 5.95 Å². The van der Waals surface area contributed by atoms with E-state index in [1.54, 1.807) is 0 Å². The molecule has 1 atom stereocenters. The van der Waals surface area contributed by atoms with Crippen molar-refractivity contribution in [2.24, 2.45) is 0 Å². The number of rotatable bonds is 5. The van der Waals surface area contributed by atoms with Crippen molar-refractivity contribution in [2.75, 3.05) is 50.6 Å². The monoisotopic (exact) mass is 353 g/mol. The predicted molar refractivity (Wildman–Crippen MR) is 104 cm³/mol. The molecule has 2 aromatic rings. The average molecular weight is 353 g/mol. The van der Waals surface area contributed by atoms with Gasteiger partial charge in [-0.15, -0.1) is 0 Å². The highest BCUT2D eigenvalue weighted by Crippen LogP contribution is 2.27. The normalized spacial score (nSPS) is 19.3. The largest absolute Gasteiger partial charge is 0.493 e. The van der Waals surface area contributed by atoms with Crippen LogP contribution in [0.1, 0.15) is 17.5 Å². The van der Waals surface area contributed by atoms with Crippen LogP contribution in [0.5, 0.6) is 5.75 Å². The van der Waals surface area contributed by atoms with Gasteiger partial charge in [-0.1, -0.05) is 12.1 Å². The minimum Gasteiger partial charge on any atom is -0.493 e. The van der Waals surface area contributed by atoms with Crippen molar-refractivity contribution in [3.8, 4) is 5.75 Å². The Morgan fingerprint density at radius 2 is 2.12 bits per heavy atom. The van der Waals surface area contributed by atoms with Gasteiger partial charge in [-0.05, 0) is 29.7 Å². The van der Waals surface area contributed by atoms with Gasteiger partial charge in [0.15, 0.2) is 0 Å². The maximum atomic E-state index is 5.61. The van der Waals surface area contributed by atoms with Gasteiger partial charge in [0, 0.05) is 59.4 Å². The molecule has 1 unspecified atom stereocenters. The van der Waals surface area contributed by atoms with E-state index >= 15 is 0 Å². The topological polar surface area (TPSA) is 44.7 Å². The highest BCUT2D eigenvalue weighted by Gasteiger charge is 2.27. The molecular formula is C20H27N5O. The number of likely N-dealkylation sites (N-methyl/N-ethyl adjacent to an activating group) is 1. The van der Waals surface area contributed by atoms with Crippen LogP contribution >= 0.6 is 0 Å². The Bertz CT molecular complexity index is 779. The van der Waals surface area contributed by atoms with Crippen LogP contribution < -0.4 is 14.5 Å². The Labute approximate surface area is 155 Å². The minimum atomic E-state index is 0.449. The number of benzene rings is 1. The fraction of sp³-hybridized carbons (Fsp3) is 0.500. The average Bonchev–Trinajstić information content (AvgIpc) is 3.30. The molecule has 0 bridgehead atoms. The van der Waals surface area contributed by atoms with Crippen molar-refractivity contribution in [2.45, 2.75) is 25.4 Å². The first-order chi connectivity index (χ1) is 12.6. The molecule has 1 aromatic carbocycles. The summed E-state index contributed by atoms with van der Waals surface area (Å²) in [5.41, 5.74) is 2.73. The van der Waals surface area contributed by atoms with Crippen LogP contribution in [0, 0.1) is 0 Å². The number of nitrogens with zero attached hydrogens (tertiary/aromatic N) is 5. The van der Waals surface area contributed by atoms with E-state index in [0.29, 0.717) is 6.04 Å². The molecule has 6 nitrogen and oxygen atoms in total. The van der Waals surface area contributed by atoms with E-state index in [9.17, 15) is 0 Å². The van der Waals surface area contributed by atoms with Crippen LogP contribution in [0.4, 0.5) is 11.8 Å². The molecule has 4 rings (SSSR count). The van der Waals surface area contributed by atoms with Crippen LogP contribution in [0.2, 0.25) is 0 Å². The number of aromatic nitrogens is 2. The zero-order valence-corrected chi connectivity index (χ0v) is 15.9. The van der Waals surface area contributed by atoms with E-state index in [2.05, 4.69) is 45.0 Å². The lowest BCUT2D eigenvalue weighted by atomic mass is 10.1. The molecule has 1 aromatic heterocycles. The quantitative estimate of drug-likeness (QED) is 0.821. The Morgan fingerprint density at radius 1 is 1.23 bits per heavy atom. The molecule has 138 valence electrons. The molecule has 0 aliphatic carbocycles. The molecule has 1 fully saturated rings. The summed E-state index contributed by atoms with van der Waals surface area (Å²) in [7, 11) is 6.12. The van der Waals surface area contributed by atoms with E-state index in [4.69, 9.17) is 4.74 Å². The summed E-state index contributed by atoms with van der Waals surface area (Å²) in [6, 6.07) is 9.02. The molecule has 2 aliphatic rings. The highest BCUT2D eigenvalue weighted by molar-refractivity contribution is 5.43. The molecule has 6 heteroatoms. The second kappa shape index (κ2) is 7.11. The second-order valence-electron chi connectivity index (χ2n) is 7.44. The van der Waals surface area contributed by atoms with Gasteiger partial charge in [-0.2, -0.15) is 4.98 Å². The lowest BCUT2D eigenvalue weighted by Gasteiger charge is -2.26. The number of likely N-dealkylation sites (tertiary alicyclic amines) is 1. The summed E-state index contributed by atoms with van der Waals surface area (Å²) in [6.07, 6.45) is 4.02. The Hall–Kier alpha value is -2.34. The summed E-state index contributed by atoms with van der Waals surface area (Å²) in [6.45, 7) is 3.97. The van der Waals surface area contributed by atoms with Gasteiger partial charge in [-0.25, -0.2) is 4.98 Å². The zero-order valence-electron chi connectivity index (χ0n) is 15.9. The van der Waals surface area contributed by atoms with Crippen molar-refractivity contribution >= 4 is 11.8 Å². The predicted octanol–water partition coefficient (Wildman–Crippen LogP) is 2.19. The molecule has 3 heterocycles. The molecule has 1 saturated heterocycles. The SMILES string of the molecule is CN(C)c1ccnc(N(C)C2CCN(Cc3ccc4c(c3)CCO4)C2)n1. The maximum absolute atomic E-state index is 5.61. The van der Waals surface area contributed by atoms with Gasteiger partial charge >= 0.3 is 0 Å². The zero-order chi connectivity index (χ0) is 18.1. The first-order valence-electron chi connectivity index (χ1n) is 9.30. The van der Waals surface area contributed by atoms with Gasteiger partial charge in [-0.3, -0.25) is 4.90 Å². The summed E-state index contributed by atoms with van der Waals surface area (Å²) >= 11 is 0. The molecule has 0 radical (unpaired) electrons. The van der Waals surface area contributed by atoms with E-state index in [-0.39, 0.29) is 0 Å². The van der Waals surface area contributed by atoms with E-state index in [1.165, 1.54) is 11.1 Å². The van der Waals surface area contributed by atoms with Crippen LogP contribution in [-0.4, -0.2) is 61.7 Å². The molecule has 0 saturated carbocycles. The van der Waals surface area contributed by atoms with Gasteiger partial charge < -0.3 is 14.5 Å². The third-order valence-electron chi connectivity index (χ3n) is 5.36. The van der Waals surface area contributed by atoms with E-state index in [0.717, 1.165) is 56.6 Å². The summed E-state index contributed by atoms with van der Waals surface area (Å²) in [4.78, 5) is 15.9. The Kier molecular flexibility index (Phi) is 4.68. The smallest absolute Gasteiger partial charge is 0.227 e. The highest BCUT2D eigenvalue weighted by atomic mass is 16.5. The minimum absolute atomic E-state index is 0.449. The molecule has 0 amide bonds. The van der Waals surface area contributed by atoms with Gasteiger partial charge in [0.1, 0.15) is 11.6 Å². The van der Waals surface area contributed by atoms with Crippen molar-refractivity contribution in [1.82, 2.24) is 14.9 Å². The van der Waals surface area contributed by atoms with Crippen LogP contribution in [-0.2, 0) is 13.0 Å². The van der Waals surface area contributed by atoms with E-state index in [1.807, 2.05) is 31.3 Å². The number of fused-ring (bicyclic) bond motifs is 1. The fourth-order valence-corrected chi connectivity index (χ4v) is 3.79. The first kappa shape index (κ1) is 17.1. The van der Waals surface area contributed by atoms with Crippen LogP contribution in [0.25, 0.3) is 0 Å². The van der Waals surface area contributed by atoms with Crippen LogP contribution in [0.3, 0.4) is 0 Å². The summed E-state index contributed by atoms with van der Waals surface area (Å²) < 4.78 is 5.61. The summed E-state index contributed by atoms with van der Waals surface area (Å²) in [5, 5.41) is 0. The lowest BCUT2D eigenvalue weighted by molar-refractivity contribution is 0.325. The lowest BCUT2D eigenvalue weighted by Crippen LogP contribution is -2.35. The van der Waals surface area contributed by atoms with Gasteiger partial charge in [0.05, 0.1) is 6.61 Å². The van der Waals surface area contributed by atoms with Crippen molar-refractivity contribution in [3.05, 3.63) is 41.6 Å². The third-order valence-corrected chi connectivity index (χ3v) is 5.36. The third kappa shape index (κ3) is 3.46. The molecule has 0 N–H and O–H groups in total. The molecule has 0 spiro atoms. The number of ether oxygens (including phenoxy) is 1. The molecule has 26 heavy (non-hydrogen) atoms. The molecule has 2 aliphatic heterocycles. The number of hydrogen-bond donors (Lipinski definition) is 0. The van der Waals surface area contributed by atoms with Gasteiger partial charge in [0.25, 0.3) is 0 Å². The van der Waals surface area contributed by atoms with Crippen molar-refractivity contribution in [3.63, 3.8) is 0 Å². The van der Waals surface area contributed by atoms with Crippen molar-refractivity contribution < 1.29 is 4.74 Å². The van der Waals surface area contributed by atoms with E-state index < -0.39 is 0 Å². The summed E-state index contributed by atoms with van der Waals surface area (Å²) in [5.74, 6) is 2.81. The van der Waals surface area contributed by atoms with Crippen molar-refractivity contribution in [1.29, 1.82) is 0 Å². The fourth-order valence-electron chi connectivity index (χ4n) is 3.79. The van der Waals surface area contributed by atoms with Crippen LogP contribution in [0.15, 0.2) is 30.5 Å². The second-order valence-corrected chi connectivity index (χ2v) is 7.44. The Morgan fingerprint density at radius 3 is 2.96 bits per heavy atom. The number of hydrogen-bond acceptors (Lipinski definition) is 6. The molecular weight excluding hydrogens is 326 g/mol.